The Balaban J connectivity index is 1.83. The first-order valence-electron chi connectivity index (χ1n) is 9.27. The second-order valence-corrected chi connectivity index (χ2v) is 6.83. The molecule has 1 aromatic rings. The molecule has 0 bridgehead atoms. The van der Waals surface area contributed by atoms with Gasteiger partial charge in [0.05, 0.1) is 0 Å². The van der Waals surface area contributed by atoms with Crippen molar-refractivity contribution in [2.75, 3.05) is 36.4 Å². The average Bonchev–Trinajstić information content (AvgIpc) is 2.63. The first-order chi connectivity index (χ1) is 12.5. The van der Waals surface area contributed by atoms with Crippen LogP contribution >= 0.6 is 12.2 Å². The summed E-state index contributed by atoms with van der Waals surface area (Å²) < 4.78 is 0. The highest BCUT2D eigenvalue weighted by Gasteiger charge is 2.20. The third-order valence-corrected chi connectivity index (χ3v) is 4.52. The van der Waals surface area contributed by atoms with Crippen molar-refractivity contribution in [2.45, 2.75) is 39.5 Å². The summed E-state index contributed by atoms with van der Waals surface area (Å²) in [6, 6.07) is 7.95. The topological polar surface area (TPSA) is 64.7 Å². The van der Waals surface area contributed by atoms with E-state index < -0.39 is 0 Å². The molecule has 0 unspecified atom stereocenters. The van der Waals surface area contributed by atoms with E-state index in [1.54, 1.807) is 0 Å². The van der Waals surface area contributed by atoms with Crippen LogP contribution in [0.15, 0.2) is 24.3 Å². The highest BCUT2D eigenvalue weighted by Crippen LogP contribution is 2.20. The number of rotatable bonds is 6. The fourth-order valence-corrected chi connectivity index (χ4v) is 3.15. The van der Waals surface area contributed by atoms with Crippen molar-refractivity contribution in [3.05, 3.63) is 24.3 Å². The molecule has 7 heteroatoms. The van der Waals surface area contributed by atoms with Crippen molar-refractivity contribution in [2.24, 2.45) is 0 Å². The van der Waals surface area contributed by atoms with Gasteiger partial charge in [-0.15, -0.1) is 0 Å². The normalized spacial score (nSPS) is 14.1. The Bertz CT molecular complexity index is 625. The van der Waals surface area contributed by atoms with E-state index in [9.17, 15) is 9.59 Å². The number of amides is 2. The van der Waals surface area contributed by atoms with Gasteiger partial charge in [-0.2, -0.15) is 0 Å². The van der Waals surface area contributed by atoms with Gasteiger partial charge >= 0.3 is 0 Å². The molecule has 1 aliphatic rings. The summed E-state index contributed by atoms with van der Waals surface area (Å²) in [4.78, 5) is 27.7. The van der Waals surface area contributed by atoms with E-state index in [1.165, 1.54) is 0 Å². The smallest absolute Gasteiger partial charge is 0.226 e. The summed E-state index contributed by atoms with van der Waals surface area (Å²) in [6.07, 6.45) is 2.79. The van der Waals surface area contributed by atoms with Gasteiger partial charge in [-0.3, -0.25) is 9.59 Å². The van der Waals surface area contributed by atoms with Crippen LogP contribution in [0.3, 0.4) is 0 Å². The van der Waals surface area contributed by atoms with Crippen LogP contribution in [0, 0.1) is 0 Å². The summed E-state index contributed by atoms with van der Waals surface area (Å²) in [5, 5.41) is 6.01. The van der Waals surface area contributed by atoms with E-state index in [2.05, 4.69) is 15.5 Å². The van der Waals surface area contributed by atoms with Crippen molar-refractivity contribution in [3.63, 3.8) is 0 Å². The molecule has 26 heavy (non-hydrogen) atoms. The molecule has 2 amide bonds. The van der Waals surface area contributed by atoms with Crippen molar-refractivity contribution in [1.29, 1.82) is 0 Å². The summed E-state index contributed by atoms with van der Waals surface area (Å²) in [5.74, 6) is 0.183. The third kappa shape index (κ3) is 5.98. The van der Waals surface area contributed by atoms with Crippen LogP contribution in [0.2, 0.25) is 0 Å². The van der Waals surface area contributed by atoms with Gasteiger partial charge in [-0.25, -0.2) is 0 Å². The Morgan fingerprint density at radius 1 is 1.00 bits per heavy atom. The van der Waals surface area contributed by atoms with Crippen molar-refractivity contribution < 1.29 is 9.59 Å². The molecule has 2 N–H and O–H groups in total. The molecule has 142 valence electrons. The average molecular weight is 377 g/mol. The Kier molecular flexibility index (Phi) is 7.84. The molecule has 0 aliphatic carbocycles. The molecule has 1 aromatic carbocycles. The Hall–Kier alpha value is -2.15. The number of nitrogens with one attached hydrogen (secondary N) is 2. The lowest BCUT2D eigenvalue weighted by Crippen LogP contribution is -2.48. The minimum Gasteiger partial charge on any atom is -0.368 e. The van der Waals surface area contributed by atoms with E-state index in [4.69, 9.17) is 12.2 Å². The number of piperazine rings is 1. The Labute approximate surface area is 160 Å². The predicted molar refractivity (Wildman–Crippen MR) is 109 cm³/mol. The van der Waals surface area contributed by atoms with Gasteiger partial charge in [0.2, 0.25) is 11.8 Å². The maximum Gasteiger partial charge on any atom is 0.226 e. The summed E-state index contributed by atoms with van der Waals surface area (Å²) in [5.41, 5.74) is 1.96. The predicted octanol–water partition coefficient (Wildman–Crippen LogP) is 2.75. The summed E-state index contributed by atoms with van der Waals surface area (Å²) in [7, 11) is 0. The fourth-order valence-electron chi connectivity index (χ4n) is 2.92. The zero-order valence-electron chi connectivity index (χ0n) is 15.6. The van der Waals surface area contributed by atoms with Crippen molar-refractivity contribution >= 4 is 40.5 Å². The second kappa shape index (κ2) is 10.1. The molecule has 1 aliphatic heterocycles. The molecule has 0 radical (unpaired) electrons. The SMILES string of the molecule is CCCC(=O)NC(=S)Nc1ccc(N2CCN(C(=O)CCC)CC2)cc1. The monoisotopic (exact) mass is 376 g/mol. The number of thiocarbonyl (C=S) groups is 1. The van der Waals surface area contributed by atoms with Gasteiger partial charge in [-0.05, 0) is 49.3 Å². The summed E-state index contributed by atoms with van der Waals surface area (Å²) in [6.45, 7) is 7.21. The highest BCUT2D eigenvalue weighted by molar-refractivity contribution is 7.80. The molecule has 0 atom stereocenters. The quantitative estimate of drug-likeness (QED) is 0.748. The molecule has 0 saturated carbocycles. The van der Waals surface area contributed by atoms with Crippen LogP contribution in [-0.2, 0) is 9.59 Å². The number of nitrogens with zero attached hydrogens (tertiary/aromatic N) is 2. The second-order valence-electron chi connectivity index (χ2n) is 6.42. The number of hydrogen-bond donors (Lipinski definition) is 2. The lowest BCUT2D eigenvalue weighted by Gasteiger charge is -2.36. The molecular formula is C19H28N4O2S. The van der Waals surface area contributed by atoms with Crippen molar-refractivity contribution in [3.8, 4) is 0 Å². The minimum absolute atomic E-state index is 0.0721. The molecule has 0 spiro atoms. The van der Waals surface area contributed by atoms with E-state index in [-0.39, 0.29) is 11.8 Å². The first kappa shape index (κ1) is 20.2. The zero-order chi connectivity index (χ0) is 18.9. The van der Waals surface area contributed by atoms with Crippen LogP contribution in [-0.4, -0.2) is 48.0 Å². The molecule has 1 saturated heterocycles. The largest absolute Gasteiger partial charge is 0.368 e. The van der Waals surface area contributed by atoms with Crippen LogP contribution in [0.4, 0.5) is 11.4 Å². The van der Waals surface area contributed by atoms with Gasteiger partial charge in [0, 0.05) is 50.4 Å². The highest BCUT2D eigenvalue weighted by atomic mass is 32.1. The van der Waals surface area contributed by atoms with Crippen LogP contribution in [0.1, 0.15) is 39.5 Å². The van der Waals surface area contributed by atoms with Gasteiger partial charge in [-0.1, -0.05) is 13.8 Å². The first-order valence-corrected chi connectivity index (χ1v) is 9.68. The van der Waals surface area contributed by atoms with E-state index >= 15 is 0 Å². The summed E-state index contributed by atoms with van der Waals surface area (Å²) >= 11 is 5.15. The molecule has 0 aromatic heterocycles. The fraction of sp³-hybridized carbons (Fsp3) is 0.526. The van der Waals surface area contributed by atoms with Gasteiger partial charge in [0.1, 0.15) is 0 Å². The van der Waals surface area contributed by atoms with Gasteiger partial charge in [0.25, 0.3) is 0 Å². The molecule has 1 fully saturated rings. The van der Waals surface area contributed by atoms with Crippen molar-refractivity contribution in [1.82, 2.24) is 10.2 Å². The maximum absolute atomic E-state index is 12.0. The number of carbonyl (C=O) groups excluding carboxylic acids is 2. The third-order valence-electron chi connectivity index (χ3n) is 4.32. The number of anilines is 2. The molecule has 2 rings (SSSR count). The lowest BCUT2D eigenvalue weighted by molar-refractivity contribution is -0.131. The number of hydrogen-bond acceptors (Lipinski definition) is 4. The number of benzene rings is 1. The van der Waals surface area contributed by atoms with E-state index in [0.717, 1.165) is 50.4 Å². The Morgan fingerprint density at radius 3 is 2.19 bits per heavy atom. The standard InChI is InChI=1S/C19H28N4O2S/c1-3-5-17(24)21-19(26)20-15-7-9-16(10-8-15)22-11-13-23(14-12-22)18(25)6-4-2/h7-10H,3-6,11-14H2,1-2H3,(H2,20,21,24,26). The van der Waals surface area contributed by atoms with E-state index in [0.29, 0.717) is 18.0 Å². The molecule has 1 heterocycles. The van der Waals surface area contributed by atoms with Gasteiger partial charge < -0.3 is 20.4 Å². The number of carbonyl (C=O) groups is 2. The van der Waals surface area contributed by atoms with E-state index in [1.807, 2.05) is 43.0 Å². The van der Waals surface area contributed by atoms with Crippen LogP contribution in [0.5, 0.6) is 0 Å². The lowest BCUT2D eigenvalue weighted by atomic mass is 10.2. The minimum atomic E-state index is -0.0721. The Morgan fingerprint density at radius 2 is 1.62 bits per heavy atom. The maximum atomic E-state index is 12.0. The van der Waals surface area contributed by atoms with Gasteiger partial charge in [0.15, 0.2) is 5.11 Å². The molecule has 6 nitrogen and oxygen atoms in total. The zero-order valence-corrected chi connectivity index (χ0v) is 16.4. The van der Waals surface area contributed by atoms with Crippen LogP contribution < -0.4 is 15.5 Å². The molecular weight excluding hydrogens is 348 g/mol. The van der Waals surface area contributed by atoms with Crippen LogP contribution in [0.25, 0.3) is 0 Å².